The van der Waals surface area contributed by atoms with E-state index in [1.165, 1.54) is 13.0 Å². The summed E-state index contributed by atoms with van der Waals surface area (Å²) in [6.45, 7) is 9.40. The molecule has 1 aromatic rings. The lowest BCUT2D eigenvalue weighted by molar-refractivity contribution is -0.140. The molecule has 0 aliphatic carbocycles. The average Bonchev–Trinajstić information content (AvgIpc) is 2.35. The second kappa shape index (κ2) is 5.23. The van der Waals surface area contributed by atoms with Crippen LogP contribution in [0.3, 0.4) is 0 Å². The van der Waals surface area contributed by atoms with Crippen LogP contribution in [0.25, 0.3) is 0 Å². The maximum absolute atomic E-state index is 14.0. The van der Waals surface area contributed by atoms with Gasteiger partial charge in [-0.25, -0.2) is 4.39 Å². The van der Waals surface area contributed by atoms with Gasteiger partial charge in [-0.1, -0.05) is 19.9 Å². The number of alkyl halides is 3. The van der Waals surface area contributed by atoms with Crippen LogP contribution in [0.2, 0.25) is 0 Å². The molecule has 0 N–H and O–H groups in total. The Morgan fingerprint density at radius 1 is 1.14 bits per heavy atom. The predicted octanol–water partition coefficient (Wildman–Crippen LogP) is 3.70. The molecule has 0 spiro atoms. The summed E-state index contributed by atoms with van der Waals surface area (Å²) in [4.78, 5) is 0. The van der Waals surface area contributed by atoms with Gasteiger partial charge in [-0.2, -0.15) is 13.2 Å². The minimum atomic E-state index is -4.72. The van der Waals surface area contributed by atoms with Gasteiger partial charge >= 0.3 is 13.3 Å². The first-order chi connectivity index (χ1) is 9.87. The minimum Gasteiger partial charge on any atom is -0.407 e. The largest absolute Gasteiger partial charge is 0.494 e. The van der Waals surface area contributed by atoms with Crippen LogP contribution in [0.5, 0.6) is 0 Å². The molecule has 2 rings (SSSR count). The van der Waals surface area contributed by atoms with Gasteiger partial charge in [0.1, 0.15) is 5.82 Å². The van der Waals surface area contributed by atoms with Crippen molar-refractivity contribution in [3.05, 3.63) is 29.1 Å². The number of hydrogen-bond donors (Lipinski definition) is 0. The number of halogens is 4. The van der Waals surface area contributed by atoms with Gasteiger partial charge in [0.2, 0.25) is 0 Å². The predicted molar refractivity (Wildman–Crippen MR) is 76.4 cm³/mol. The monoisotopic (exact) mass is 318 g/mol. The molecule has 2 nitrogen and oxygen atoms in total. The fraction of sp³-hybridized carbons (Fsp3) is 0.600. The first kappa shape index (κ1) is 17.3. The quantitative estimate of drug-likeness (QED) is 0.581. The van der Waals surface area contributed by atoms with E-state index in [9.17, 15) is 17.6 Å². The molecule has 22 heavy (non-hydrogen) atoms. The van der Waals surface area contributed by atoms with Gasteiger partial charge in [-0.3, -0.25) is 0 Å². The van der Waals surface area contributed by atoms with Crippen LogP contribution in [-0.4, -0.2) is 19.3 Å². The summed E-state index contributed by atoms with van der Waals surface area (Å²) in [7, 11) is -0.875. The van der Waals surface area contributed by atoms with Gasteiger partial charge in [0.25, 0.3) is 0 Å². The molecule has 0 amide bonds. The topological polar surface area (TPSA) is 18.5 Å². The van der Waals surface area contributed by atoms with E-state index in [0.717, 1.165) is 6.07 Å². The van der Waals surface area contributed by atoms with Crippen LogP contribution in [0.4, 0.5) is 17.6 Å². The Labute approximate surface area is 127 Å². The summed E-state index contributed by atoms with van der Waals surface area (Å²) < 4.78 is 63.7. The molecule has 0 saturated carbocycles. The maximum atomic E-state index is 14.0. The van der Waals surface area contributed by atoms with Gasteiger partial charge < -0.3 is 9.31 Å². The van der Waals surface area contributed by atoms with Crippen molar-refractivity contribution in [3.63, 3.8) is 0 Å². The van der Waals surface area contributed by atoms with Crippen LogP contribution in [-0.2, 0) is 15.5 Å². The Hall–Kier alpha value is -1.08. The van der Waals surface area contributed by atoms with E-state index >= 15 is 0 Å². The molecule has 7 heteroatoms. The summed E-state index contributed by atoms with van der Waals surface area (Å²) in [5, 5.41) is 0. The van der Waals surface area contributed by atoms with Crippen molar-refractivity contribution in [2.75, 3.05) is 6.61 Å². The Morgan fingerprint density at radius 3 is 2.23 bits per heavy atom. The number of hydrogen-bond acceptors (Lipinski definition) is 2. The minimum absolute atomic E-state index is 0.102. The van der Waals surface area contributed by atoms with Crippen LogP contribution >= 0.6 is 0 Å². The van der Waals surface area contributed by atoms with Crippen LogP contribution in [0.15, 0.2) is 12.1 Å². The van der Waals surface area contributed by atoms with Crippen molar-refractivity contribution < 1.29 is 26.9 Å². The standard InChI is InChI=1S/C15H19BF4O2/c1-9-11(7-6-10(12(9)17)15(18,19)20)16-21-8-13(2,3)14(4,5)22-16/h6-7H,8H2,1-5H3. The first-order valence-electron chi connectivity index (χ1n) is 7.02. The van der Waals surface area contributed by atoms with E-state index in [0.29, 0.717) is 6.61 Å². The molecule has 0 bridgehead atoms. The zero-order chi connectivity index (χ0) is 16.9. The summed E-state index contributed by atoms with van der Waals surface area (Å²) >= 11 is 0. The van der Waals surface area contributed by atoms with Gasteiger partial charge in [0, 0.05) is 12.0 Å². The van der Waals surface area contributed by atoms with Crippen molar-refractivity contribution in [2.45, 2.75) is 46.4 Å². The normalized spacial score (nSPS) is 21.0. The van der Waals surface area contributed by atoms with E-state index < -0.39 is 30.3 Å². The number of rotatable bonds is 1. The van der Waals surface area contributed by atoms with E-state index in [1.807, 2.05) is 27.7 Å². The molecule has 0 atom stereocenters. The summed E-state index contributed by atoms with van der Waals surface area (Å²) in [5.74, 6) is -1.28. The third-order valence-corrected chi connectivity index (χ3v) is 4.61. The molecule has 1 heterocycles. The van der Waals surface area contributed by atoms with Crippen LogP contribution in [0.1, 0.15) is 38.8 Å². The molecule has 122 valence electrons. The van der Waals surface area contributed by atoms with Gasteiger partial charge in [-0.15, -0.1) is 0 Å². The molecule has 1 saturated heterocycles. The van der Waals surface area contributed by atoms with E-state index in [1.54, 1.807) is 0 Å². The zero-order valence-corrected chi connectivity index (χ0v) is 13.3. The van der Waals surface area contributed by atoms with Crippen LogP contribution in [0, 0.1) is 18.2 Å². The maximum Gasteiger partial charge on any atom is 0.494 e. The second-order valence-corrected chi connectivity index (χ2v) is 6.79. The summed E-state index contributed by atoms with van der Waals surface area (Å²) in [6.07, 6.45) is -4.72. The molecule has 1 fully saturated rings. The van der Waals surface area contributed by atoms with Gasteiger partial charge in [0.05, 0.1) is 11.2 Å². The van der Waals surface area contributed by atoms with Crippen molar-refractivity contribution in [1.29, 1.82) is 0 Å². The van der Waals surface area contributed by atoms with Crippen molar-refractivity contribution in [1.82, 2.24) is 0 Å². The lowest BCUT2D eigenvalue weighted by Crippen LogP contribution is -2.58. The second-order valence-electron chi connectivity index (χ2n) is 6.79. The van der Waals surface area contributed by atoms with E-state index in [-0.39, 0.29) is 16.4 Å². The third kappa shape index (κ3) is 2.88. The zero-order valence-electron chi connectivity index (χ0n) is 13.3. The fourth-order valence-electron chi connectivity index (χ4n) is 2.25. The average molecular weight is 318 g/mol. The summed E-state index contributed by atoms with van der Waals surface area (Å²) in [5.41, 5.74) is -1.91. The smallest absolute Gasteiger partial charge is 0.407 e. The Bertz CT molecular complexity index is 582. The molecule has 0 unspecified atom stereocenters. The molecule has 1 aromatic carbocycles. The molecule has 1 aliphatic rings. The Balaban J connectivity index is 2.38. The molecule has 0 aromatic heterocycles. The van der Waals surface area contributed by atoms with Crippen molar-refractivity contribution >= 4 is 12.6 Å². The summed E-state index contributed by atoms with van der Waals surface area (Å²) in [6, 6.07) is 1.96. The van der Waals surface area contributed by atoms with Gasteiger partial charge in [-0.05, 0) is 37.9 Å². The highest BCUT2D eigenvalue weighted by atomic mass is 19.4. The fourth-order valence-corrected chi connectivity index (χ4v) is 2.25. The third-order valence-electron chi connectivity index (χ3n) is 4.61. The number of benzene rings is 1. The first-order valence-corrected chi connectivity index (χ1v) is 7.02. The van der Waals surface area contributed by atoms with Crippen molar-refractivity contribution in [3.8, 4) is 0 Å². The van der Waals surface area contributed by atoms with Crippen LogP contribution < -0.4 is 5.46 Å². The van der Waals surface area contributed by atoms with Crippen molar-refractivity contribution in [2.24, 2.45) is 5.41 Å². The highest BCUT2D eigenvalue weighted by Gasteiger charge is 2.48. The lowest BCUT2D eigenvalue weighted by atomic mass is 9.68. The SMILES string of the molecule is Cc1c(B2OCC(C)(C)C(C)(C)O2)ccc(C(F)(F)F)c1F. The highest BCUT2D eigenvalue weighted by Crippen LogP contribution is 2.38. The Kier molecular flexibility index (Phi) is 4.11. The molecular weight excluding hydrogens is 299 g/mol. The van der Waals surface area contributed by atoms with E-state index in [4.69, 9.17) is 9.31 Å². The van der Waals surface area contributed by atoms with E-state index in [2.05, 4.69) is 0 Å². The Morgan fingerprint density at radius 2 is 1.73 bits per heavy atom. The molecular formula is C15H19BF4O2. The highest BCUT2D eigenvalue weighted by molar-refractivity contribution is 6.62. The molecule has 0 radical (unpaired) electrons. The van der Waals surface area contributed by atoms with Gasteiger partial charge in [0.15, 0.2) is 0 Å². The lowest BCUT2D eigenvalue weighted by Gasteiger charge is -2.47. The molecule has 1 aliphatic heterocycles.